The third-order valence-corrected chi connectivity index (χ3v) is 5.14. The fourth-order valence-corrected chi connectivity index (χ4v) is 3.76. The molecule has 2 unspecified atom stereocenters. The zero-order valence-electron chi connectivity index (χ0n) is 15.9. The SMILES string of the molecule is CCOc1cccc(C(=O)N2CCCC(CNC(=O)C3CCCN3)C2)c1.Cl. The number of nitrogens with zero attached hydrogens (tertiary/aromatic N) is 1. The smallest absolute Gasteiger partial charge is 0.253 e. The van der Waals surface area contributed by atoms with E-state index in [1.165, 1.54) is 0 Å². The number of carbonyl (C=O) groups is 2. The van der Waals surface area contributed by atoms with Crippen LogP contribution in [0.5, 0.6) is 5.75 Å². The highest BCUT2D eigenvalue weighted by Gasteiger charge is 2.27. The molecule has 0 spiro atoms. The molecule has 2 aliphatic rings. The maximum Gasteiger partial charge on any atom is 0.253 e. The van der Waals surface area contributed by atoms with Gasteiger partial charge in [-0.05, 0) is 63.3 Å². The van der Waals surface area contributed by atoms with Gasteiger partial charge in [0.15, 0.2) is 0 Å². The van der Waals surface area contributed by atoms with E-state index in [0.717, 1.165) is 44.5 Å². The van der Waals surface area contributed by atoms with E-state index in [2.05, 4.69) is 10.6 Å². The summed E-state index contributed by atoms with van der Waals surface area (Å²) in [6.07, 6.45) is 3.99. The van der Waals surface area contributed by atoms with Crippen molar-refractivity contribution in [2.45, 2.75) is 38.6 Å². The van der Waals surface area contributed by atoms with Gasteiger partial charge in [0.25, 0.3) is 5.91 Å². The largest absolute Gasteiger partial charge is 0.494 e. The van der Waals surface area contributed by atoms with Crippen molar-refractivity contribution in [2.75, 3.05) is 32.8 Å². The number of hydrogen-bond acceptors (Lipinski definition) is 4. The van der Waals surface area contributed by atoms with E-state index in [9.17, 15) is 9.59 Å². The summed E-state index contributed by atoms with van der Waals surface area (Å²) in [5.41, 5.74) is 0.663. The molecule has 2 heterocycles. The van der Waals surface area contributed by atoms with Crippen molar-refractivity contribution < 1.29 is 14.3 Å². The van der Waals surface area contributed by atoms with Crippen LogP contribution in [0.3, 0.4) is 0 Å². The van der Waals surface area contributed by atoms with Crippen LogP contribution >= 0.6 is 12.4 Å². The Morgan fingerprint density at radius 2 is 2.15 bits per heavy atom. The van der Waals surface area contributed by atoms with Crippen molar-refractivity contribution in [3.63, 3.8) is 0 Å². The summed E-state index contributed by atoms with van der Waals surface area (Å²) in [7, 11) is 0. The van der Waals surface area contributed by atoms with Crippen LogP contribution in [0.25, 0.3) is 0 Å². The van der Waals surface area contributed by atoms with E-state index in [4.69, 9.17) is 4.74 Å². The van der Waals surface area contributed by atoms with Crippen molar-refractivity contribution in [1.29, 1.82) is 0 Å². The number of nitrogens with one attached hydrogen (secondary N) is 2. The molecule has 0 bridgehead atoms. The number of amides is 2. The fourth-order valence-electron chi connectivity index (χ4n) is 3.76. The summed E-state index contributed by atoms with van der Waals surface area (Å²) < 4.78 is 5.49. The molecule has 0 aromatic heterocycles. The summed E-state index contributed by atoms with van der Waals surface area (Å²) >= 11 is 0. The molecule has 1 aromatic carbocycles. The normalized spacial score (nSPS) is 22.0. The van der Waals surface area contributed by atoms with Crippen molar-refractivity contribution in [3.05, 3.63) is 29.8 Å². The lowest BCUT2D eigenvalue weighted by Crippen LogP contribution is -2.46. The highest BCUT2D eigenvalue weighted by molar-refractivity contribution is 5.94. The van der Waals surface area contributed by atoms with Gasteiger partial charge >= 0.3 is 0 Å². The van der Waals surface area contributed by atoms with Crippen LogP contribution in [0.1, 0.15) is 43.0 Å². The highest BCUT2D eigenvalue weighted by atomic mass is 35.5. The van der Waals surface area contributed by atoms with E-state index in [1.807, 2.05) is 36.1 Å². The molecule has 0 aliphatic carbocycles. The van der Waals surface area contributed by atoms with Gasteiger partial charge in [0, 0.05) is 25.2 Å². The van der Waals surface area contributed by atoms with Crippen LogP contribution in [0, 0.1) is 5.92 Å². The Kier molecular flexibility index (Phi) is 8.38. The van der Waals surface area contributed by atoms with E-state index >= 15 is 0 Å². The van der Waals surface area contributed by atoms with E-state index < -0.39 is 0 Å². The molecule has 2 fully saturated rings. The molecule has 2 amide bonds. The van der Waals surface area contributed by atoms with Gasteiger partial charge in [-0.15, -0.1) is 12.4 Å². The van der Waals surface area contributed by atoms with Crippen LogP contribution in [-0.4, -0.2) is 55.5 Å². The van der Waals surface area contributed by atoms with Crippen LogP contribution in [0.2, 0.25) is 0 Å². The molecular formula is C20H30ClN3O3. The van der Waals surface area contributed by atoms with Crippen LogP contribution in [0.15, 0.2) is 24.3 Å². The Hall–Kier alpha value is -1.79. The minimum atomic E-state index is -0.0439. The molecule has 2 atom stereocenters. The molecule has 0 saturated carbocycles. The minimum absolute atomic E-state index is 0. The number of likely N-dealkylation sites (tertiary alicyclic amines) is 1. The van der Waals surface area contributed by atoms with Gasteiger partial charge in [-0.25, -0.2) is 0 Å². The lowest BCUT2D eigenvalue weighted by Gasteiger charge is -2.33. The first-order valence-corrected chi connectivity index (χ1v) is 9.70. The average molecular weight is 396 g/mol. The van der Waals surface area contributed by atoms with Gasteiger partial charge in [0.2, 0.25) is 5.91 Å². The molecule has 2 saturated heterocycles. The fraction of sp³-hybridized carbons (Fsp3) is 0.600. The van der Waals surface area contributed by atoms with Crippen LogP contribution < -0.4 is 15.4 Å². The number of halogens is 1. The van der Waals surface area contributed by atoms with Crippen molar-refractivity contribution in [2.24, 2.45) is 5.92 Å². The average Bonchev–Trinajstić information content (AvgIpc) is 3.21. The number of carbonyl (C=O) groups excluding carboxylic acids is 2. The first kappa shape index (κ1) is 21.5. The first-order valence-electron chi connectivity index (χ1n) is 9.70. The van der Waals surface area contributed by atoms with Crippen molar-refractivity contribution in [3.8, 4) is 5.75 Å². The Labute approximate surface area is 167 Å². The van der Waals surface area contributed by atoms with Gasteiger partial charge in [-0.1, -0.05) is 6.07 Å². The predicted molar refractivity (Wildman–Crippen MR) is 108 cm³/mol. The zero-order chi connectivity index (χ0) is 18.4. The summed E-state index contributed by atoms with van der Waals surface area (Å²) in [4.78, 5) is 26.9. The van der Waals surface area contributed by atoms with Gasteiger partial charge < -0.3 is 20.3 Å². The Bertz CT molecular complexity index is 635. The Morgan fingerprint density at radius 3 is 2.89 bits per heavy atom. The lowest BCUT2D eigenvalue weighted by molar-refractivity contribution is -0.123. The number of piperidine rings is 1. The van der Waals surface area contributed by atoms with Crippen molar-refractivity contribution in [1.82, 2.24) is 15.5 Å². The zero-order valence-corrected chi connectivity index (χ0v) is 16.7. The van der Waals surface area contributed by atoms with Crippen LogP contribution in [0.4, 0.5) is 0 Å². The standard InChI is InChI=1S/C20H29N3O3.ClH/c1-2-26-17-8-3-7-16(12-17)20(25)23-11-5-6-15(14-23)13-22-19(24)18-9-4-10-21-18;/h3,7-8,12,15,18,21H,2,4-6,9-11,13-14H2,1H3,(H,22,24);1H. The van der Waals surface area contributed by atoms with Gasteiger partial charge in [-0.2, -0.15) is 0 Å². The molecule has 6 nitrogen and oxygen atoms in total. The molecule has 27 heavy (non-hydrogen) atoms. The number of benzene rings is 1. The molecule has 2 aliphatic heterocycles. The summed E-state index contributed by atoms with van der Waals surface area (Å²) in [5, 5.41) is 6.28. The van der Waals surface area contributed by atoms with Crippen molar-refractivity contribution >= 4 is 24.2 Å². The lowest BCUT2D eigenvalue weighted by atomic mass is 9.97. The molecule has 0 radical (unpaired) electrons. The third-order valence-electron chi connectivity index (χ3n) is 5.14. The molecule has 7 heteroatoms. The third kappa shape index (κ3) is 5.84. The van der Waals surface area contributed by atoms with E-state index in [-0.39, 0.29) is 30.3 Å². The first-order chi connectivity index (χ1) is 12.7. The predicted octanol–water partition coefficient (Wildman–Crippen LogP) is 2.23. The topological polar surface area (TPSA) is 70.7 Å². The summed E-state index contributed by atoms with van der Waals surface area (Å²) in [6, 6.07) is 7.32. The second-order valence-electron chi connectivity index (χ2n) is 7.11. The second kappa shape index (κ2) is 10.5. The maximum absolute atomic E-state index is 12.8. The van der Waals surface area contributed by atoms with Gasteiger partial charge in [-0.3, -0.25) is 9.59 Å². The molecule has 2 N–H and O–H groups in total. The Balaban J connectivity index is 0.00000261. The second-order valence-corrected chi connectivity index (χ2v) is 7.11. The van der Waals surface area contributed by atoms with E-state index in [1.54, 1.807) is 0 Å². The monoisotopic (exact) mass is 395 g/mol. The minimum Gasteiger partial charge on any atom is -0.494 e. The Morgan fingerprint density at radius 1 is 1.30 bits per heavy atom. The molecule has 150 valence electrons. The van der Waals surface area contributed by atoms with Gasteiger partial charge in [0.1, 0.15) is 5.75 Å². The molecular weight excluding hydrogens is 366 g/mol. The summed E-state index contributed by atoms with van der Waals surface area (Å²) in [5.74, 6) is 1.17. The van der Waals surface area contributed by atoms with Crippen LogP contribution in [-0.2, 0) is 4.79 Å². The highest BCUT2D eigenvalue weighted by Crippen LogP contribution is 2.20. The molecule has 1 aromatic rings. The number of rotatable bonds is 6. The molecule has 3 rings (SSSR count). The number of ether oxygens (including phenoxy) is 1. The number of hydrogen-bond donors (Lipinski definition) is 2. The maximum atomic E-state index is 12.8. The van der Waals surface area contributed by atoms with Gasteiger partial charge in [0.05, 0.1) is 12.6 Å². The van der Waals surface area contributed by atoms with E-state index in [0.29, 0.717) is 31.2 Å². The quantitative estimate of drug-likeness (QED) is 0.774. The summed E-state index contributed by atoms with van der Waals surface area (Å²) in [6.45, 7) is 5.53.